The number of carbonyl (C=O) groups excluding carboxylic acids is 2. The van der Waals surface area contributed by atoms with Gasteiger partial charge in [-0.15, -0.1) is 0 Å². The lowest BCUT2D eigenvalue weighted by atomic mass is 9.89. The van der Waals surface area contributed by atoms with Crippen molar-refractivity contribution in [3.8, 4) is 0 Å². The van der Waals surface area contributed by atoms with Gasteiger partial charge in [0.1, 0.15) is 12.6 Å². The van der Waals surface area contributed by atoms with Gasteiger partial charge >= 0.3 is 0 Å². The average molecular weight is 497 g/mol. The maximum atomic E-state index is 13.3. The van der Waals surface area contributed by atoms with Crippen molar-refractivity contribution in [3.05, 3.63) is 75.5 Å². The Morgan fingerprint density at radius 2 is 2.00 bits per heavy atom. The molecular formula is C26H29BrN2O3. The molecule has 1 N–H and O–H groups in total. The van der Waals surface area contributed by atoms with E-state index in [1.165, 1.54) is 11.1 Å². The Kier molecular flexibility index (Phi) is 7.30. The largest absolute Gasteiger partial charge is 0.482 e. The van der Waals surface area contributed by atoms with Crippen LogP contribution in [0.15, 0.2) is 58.8 Å². The van der Waals surface area contributed by atoms with E-state index in [1.54, 1.807) is 11.0 Å². The Morgan fingerprint density at radius 3 is 2.81 bits per heavy atom. The standard InChI is InChI=1S/C26H29BrN2O3/c1-18-6-4-7-19(14-18)12-13-28-25(30)17-29-22-10-2-3-11-23(22)32-24(26(29)31)16-20-8-5-9-21(27)15-20/h4-9,14-16,22-23H,2-3,10-13,17H2,1H3,(H,28,30)/b24-16+. The molecule has 2 aromatic carbocycles. The molecule has 1 saturated carbocycles. The van der Waals surface area contributed by atoms with Gasteiger partial charge in [-0.05, 0) is 61.9 Å². The Morgan fingerprint density at radius 1 is 1.19 bits per heavy atom. The third-order valence-electron chi connectivity index (χ3n) is 6.10. The van der Waals surface area contributed by atoms with E-state index in [9.17, 15) is 9.59 Å². The van der Waals surface area contributed by atoms with Gasteiger partial charge in [0.25, 0.3) is 5.91 Å². The van der Waals surface area contributed by atoms with E-state index >= 15 is 0 Å². The molecule has 32 heavy (non-hydrogen) atoms. The average Bonchev–Trinajstić information content (AvgIpc) is 2.77. The van der Waals surface area contributed by atoms with Gasteiger partial charge < -0.3 is 15.0 Å². The number of aryl methyl sites for hydroxylation is 1. The Hall–Kier alpha value is -2.60. The summed E-state index contributed by atoms with van der Waals surface area (Å²) in [6.07, 6.45) is 6.39. The summed E-state index contributed by atoms with van der Waals surface area (Å²) >= 11 is 3.47. The zero-order valence-electron chi connectivity index (χ0n) is 18.4. The van der Waals surface area contributed by atoms with Crippen LogP contribution in [0.1, 0.15) is 42.4 Å². The quantitative estimate of drug-likeness (QED) is 0.593. The maximum absolute atomic E-state index is 13.3. The van der Waals surface area contributed by atoms with E-state index in [-0.39, 0.29) is 30.5 Å². The molecule has 0 radical (unpaired) electrons. The van der Waals surface area contributed by atoms with E-state index in [0.29, 0.717) is 12.3 Å². The van der Waals surface area contributed by atoms with Crippen molar-refractivity contribution in [2.45, 2.75) is 51.2 Å². The van der Waals surface area contributed by atoms with E-state index in [4.69, 9.17) is 4.74 Å². The lowest BCUT2D eigenvalue weighted by molar-refractivity contribution is -0.151. The summed E-state index contributed by atoms with van der Waals surface area (Å²) in [6, 6.07) is 16.0. The minimum absolute atomic E-state index is 0.0431. The molecule has 2 unspecified atom stereocenters. The Labute approximate surface area is 198 Å². The summed E-state index contributed by atoms with van der Waals surface area (Å²) in [4.78, 5) is 27.7. The van der Waals surface area contributed by atoms with Crippen LogP contribution >= 0.6 is 15.9 Å². The molecule has 1 heterocycles. The highest BCUT2D eigenvalue weighted by atomic mass is 79.9. The number of fused-ring (bicyclic) bond motifs is 1. The smallest absolute Gasteiger partial charge is 0.289 e. The normalized spacial score (nSPS) is 21.8. The predicted molar refractivity (Wildman–Crippen MR) is 129 cm³/mol. The third kappa shape index (κ3) is 5.60. The van der Waals surface area contributed by atoms with Gasteiger partial charge in [0, 0.05) is 11.0 Å². The molecular weight excluding hydrogens is 468 g/mol. The molecule has 1 aliphatic heterocycles. The third-order valence-corrected chi connectivity index (χ3v) is 6.59. The van der Waals surface area contributed by atoms with Gasteiger partial charge in [0.05, 0.1) is 6.04 Å². The van der Waals surface area contributed by atoms with Crippen LogP contribution < -0.4 is 5.32 Å². The number of hydrogen-bond donors (Lipinski definition) is 1. The van der Waals surface area contributed by atoms with Gasteiger partial charge in [0.2, 0.25) is 5.91 Å². The first-order valence-electron chi connectivity index (χ1n) is 11.3. The summed E-state index contributed by atoms with van der Waals surface area (Å²) in [5.41, 5.74) is 3.29. The molecule has 6 heteroatoms. The zero-order chi connectivity index (χ0) is 22.5. The van der Waals surface area contributed by atoms with Crippen molar-refractivity contribution in [3.63, 3.8) is 0 Å². The summed E-state index contributed by atoms with van der Waals surface area (Å²) in [5, 5.41) is 2.99. The van der Waals surface area contributed by atoms with Crippen molar-refractivity contribution in [2.75, 3.05) is 13.1 Å². The van der Waals surface area contributed by atoms with Crippen molar-refractivity contribution < 1.29 is 14.3 Å². The first-order chi connectivity index (χ1) is 15.5. The van der Waals surface area contributed by atoms with Gasteiger partial charge in [-0.1, -0.05) is 64.3 Å². The first-order valence-corrected chi connectivity index (χ1v) is 12.1. The molecule has 0 spiro atoms. The predicted octanol–water partition coefficient (Wildman–Crippen LogP) is 4.63. The monoisotopic (exact) mass is 496 g/mol. The van der Waals surface area contributed by atoms with E-state index < -0.39 is 0 Å². The molecule has 2 amide bonds. The van der Waals surface area contributed by atoms with Gasteiger partial charge in [-0.3, -0.25) is 9.59 Å². The molecule has 1 saturated heterocycles. The Balaban J connectivity index is 1.43. The number of nitrogens with zero attached hydrogens (tertiary/aromatic N) is 1. The number of rotatable bonds is 6. The fourth-order valence-corrected chi connectivity index (χ4v) is 4.95. The second-order valence-corrected chi connectivity index (χ2v) is 9.51. The van der Waals surface area contributed by atoms with Crippen LogP contribution in [-0.2, 0) is 20.7 Å². The highest BCUT2D eigenvalue weighted by Crippen LogP contribution is 2.33. The topological polar surface area (TPSA) is 58.6 Å². The maximum Gasteiger partial charge on any atom is 0.289 e. The lowest BCUT2D eigenvalue weighted by Gasteiger charge is -2.44. The second kappa shape index (κ2) is 10.3. The molecule has 2 fully saturated rings. The fraction of sp³-hybridized carbons (Fsp3) is 0.385. The van der Waals surface area contributed by atoms with Crippen molar-refractivity contribution in [1.29, 1.82) is 0 Å². The van der Waals surface area contributed by atoms with Crippen molar-refractivity contribution in [2.24, 2.45) is 0 Å². The highest BCUT2D eigenvalue weighted by molar-refractivity contribution is 9.10. The van der Waals surface area contributed by atoms with Crippen LogP contribution in [0.4, 0.5) is 0 Å². The Bertz CT molecular complexity index is 1020. The van der Waals surface area contributed by atoms with Crippen molar-refractivity contribution in [1.82, 2.24) is 10.2 Å². The number of benzene rings is 2. The number of nitrogens with one attached hydrogen (secondary N) is 1. The van der Waals surface area contributed by atoms with Crippen molar-refractivity contribution >= 4 is 33.8 Å². The molecule has 0 bridgehead atoms. The summed E-state index contributed by atoms with van der Waals surface area (Å²) < 4.78 is 7.07. The van der Waals surface area contributed by atoms with Gasteiger partial charge in [-0.25, -0.2) is 0 Å². The van der Waals surface area contributed by atoms with Crippen LogP contribution in [0.25, 0.3) is 6.08 Å². The number of ether oxygens (including phenoxy) is 1. The second-order valence-electron chi connectivity index (χ2n) is 8.59. The van der Waals surface area contributed by atoms with Gasteiger partial charge in [-0.2, -0.15) is 0 Å². The number of carbonyl (C=O) groups is 2. The molecule has 5 nitrogen and oxygen atoms in total. The number of halogens is 1. The van der Waals surface area contributed by atoms with E-state index in [0.717, 1.165) is 42.1 Å². The summed E-state index contributed by atoms with van der Waals surface area (Å²) in [7, 11) is 0. The number of morpholine rings is 1. The molecule has 4 rings (SSSR count). The van der Waals surface area contributed by atoms with Crippen LogP contribution in [0.2, 0.25) is 0 Å². The molecule has 2 aliphatic rings. The van der Waals surface area contributed by atoms with Gasteiger partial charge in [0.15, 0.2) is 5.76 Å². The van der Waals surface area contributed by atoms with Crippen LogP contribution in [0.3, 0.4) is 0 Å². The molecule has 0 aromatic heterocycles. The lowest BCUT2D eigenvalue weighted by Crippen LogP contribution is -2.57. The molecule has 2 aromatic rings. The molecule has 168 valence electrons. The SMILES string of the molecule is Cc1cccc(CCNC(=O)CN2C(=O)/C(=C\c3cccc(Br)c3)OC3CCCCC32)c1. The van der Waals surface area contributed by atoms with E-state index in [2.05, 4.69) is 46.4 Å². The van der Waals surface area contributed by atoms with E-state index in [1.807, 2.05) is 30.3 Å². The summed E-state index contributed by atoms with van der Waals surface area (Å²) in [5.74, 6) is -0.0141. The van der Waals surface area contributed by atoms with Crippen LogP contribution in [0.5, 0.6) is 0 Å². The minimum Gasteiger partial charge on any atom is -0.482 e. The molecule has 1 aliphatic carbocycles. The zero-order valence-corrected chi connectivity index (χ0v) is 19.9. The molecule has 2 atom stereocenters. The highest BCUT2D eigenvalue weighted by Gasteiger charge is 2.42. The summed E-state index contributed by atoms with van der Waals surface area (Å²) in [6.45, 7) is 2.68. The minimum atomic E-state index is -0.207. The van der Waals surface area contributed by atoms with Crippen LogP contribution in [0, 0.1) is 6.92 Å². The first kappa shape index (κ1) is 22.6. The number of amides is 2. The van der Waals surface area contributed by atoms with Crippen LogP contribution in [-0.4, -0.2) is 41.9 Å². The fourth-order valence-electron chi connectivity index (χ4n) is 4.53. The number of hydrogen-bond acceptors (Lipinski definition) is 3.